The third-order valence-electron chi connectivity index (χ3n) is 1.48. The van der Waals surface area contributed by atoms with Crippen molar-refractivity contribution in [2.24, 2.45) is 0 Å². The first-order valence-corrected chi connectivity index (χ1v) is 3.94. The maximum atomic E-state index is 3.60. The molecule has 0 heterocycles. The van der Waals surface area contributed by atoms with Crippen LogP contribution in [0.15, 0.2) is 61.2 Å². The van der Waals surface area contributed by atoms with Crippen molar-refractivity contribution in [2.45, 2.75) is 0 Å². The molecule has 13 heavy (non-hydrogen) atoms. The Labute approximate surface area is 92.7 Å². The molecule has 2 aromatic carbocycles. The summed E-state index contributed by atoms with van der Waals surface area (Å²) in [5.41, 5.74) is 1.19. The predicted octanol–water partition coefficient (Wildman–Crippen LogP) is 3.45. The first-order valence-electron chi connectivity index (χ1n) is 3.94. The van der Waals surface area contributed by atoms with Crippen molar-refractivity contribution in [1.82, 2.24) is 0 Å². The molecule has 2 rings (SSSR count). The van der Waals surface area contributed by atoms with Gasteiger partial charge in [0.25, 0.3) is 0 Å². The van der Waals surface area contributed by atoms with E-state index < -0.39 is 0 Å². The van der Waals surface area contributed by atoms with Crippen LogP contribution >= 0.6 is 0 Å². The first kappa shape index (κ1) is 12.1. The van der Waals surface area contributed by atoms with Gasteiger partial charge in [-0.05, 0) is 0 Å². The molecule has 0 saturated heterocycles. The van der Waals surface area contributed by atoms with Crippen LogP contribution in [0.1, 0.15) is 5.56 Å². The summed E-state index contributed by atoms with van der Waals surface area (Å²) < 4.78 is 0. The van der Waals surface area contributed by atoms with E-state index >= 15 is 0 Å². The molecule has 0 fully saturated rings. The molecule has 0 aliphatic rings. The smallest absolute Gasteiger partial charge is 0.214 e. The van der Waals surface area contributed by atoms with Gasteiger partial charge < -0.3 is 0 Å². The zero-order valence-corrected chi connectivity index (χ0v) is 9.87. The number of hydrogen-bond donors (Lipinski definition) is 0. The summed E-state index contributed by atoms with van der Waals surface area (Å²) in [5, 5.41) is 0. The first-order chi connectivity index (χ1) is 5.93. The Morgan fingerprint density at radius 3 is 1.77 bits per heavy atom. The molecule has 0 aliphatic carbocycles. The van der Waals surface area contributed by atoms with Gasteiger partial charge in [0.15, 0.2) is 0 Å². The van der Waals surface area contributed by atoms with Crippen LogP contribution in [0.25, 0.3) is 6.08 Å². The van der Waals surface area contributed by atoms with E-state index in [2.05, 4.69) is 6.58 Å². The van der Waals surface area contributed by atoms with Crippen molar-refractivity contribution >= 4 is 6.08 Å². The molecule has 0 spiro atoms. The monoisotopic (exact) mass is 348 g/mol. The van der Waals surface area contributed by atoms with Crippen LogP contribution in [0.3, 0.4) is 0 Å². The Kier molecular flexibility index (Phi) is 7.16. The molecule has 68 valence electrons. The third-order valence-corrected chi connectivity index (χ3v) is 1.48. The summed E-state index contributed by atoms with van der Waals surface area (Å²) in [6.45, 7) is 3.60. The second-order valence-electron chi connectivity index (χ2n) is 2.38. The van der Waals surface area contributed by atoms with Crippen molar-refractivity contribution in [3.63, 3.8) is 0 Å². The van der Waals surface area contributed by atoms with E-state index in [9.17, 15) is 0 Å². The third kappa shape index (κ3) is 5.34. The molecular formula is C12H12Os. The van der Waals surface area contributed by atoms with Crippen LogP contribution in [0, 0.1) is 0 Å². The molecular weight excluding hydrogens is 334 g/mol. The SMILES string of the molecule is C=C[c-]1cccc1.[Os+2].c1cc[cH-]c1. The van der Waals surface area contributed by atoms with Crippen LogP contribution in [0.2, 0.25) is 0 Å². The van der Waals surface area contributed by atoms with Crippen molar-refractivity contribution in [3.05, 3.63) is 66.7 Å². The molecule has 0 saturated carbocycles. The van der Waals surface area contributed by atoms with Crippen molar-refractivity contribution in [3.8, 4) is 0 Å². The van der Waals surface area contributed by atoms with E-state index in [0.717, 1.165) is 0 Å². The van der Waals surface area contributed by atoms with Crippen LogP contribution < -0.4 is 0 Å². The Balaban J connectivity index is 0.000000215. The zero-order chi connectivity index (χ0) is 8.65. The van der Waals surface area contributed by atoms with E-state index in [4.69, 9.17) is 0 Å². The quantitative estimate of drug-likeness (QED) is 0.694. The van der Waals surface area contributed by atoms with Gasteiger partial charge >= 0.3 is 19.8 Å². The molecule has 0 unspecified atom stereocenters. The van der Waals surface area contributed by atoms with E-state index in [1.165, 1.54) is 5.56 Å². The molecule has 0 atom stereocenters. The fraction of sp³-hybridized carbons (Fsp3) is 0. The maximum Gasteiger partial charge on any atom is 2.00 e. The molecule has 0 amide bonds. The molecule has 1 heteroatoms. The predicted molar refractivity (Wildman–Crippen MR) is 54.2 cm³/mol. The van der Waals surface area contributed by atoms with Crippen LogP contribution in [-0.2, 0) is 19.8 Å². The summed E-state index contributed by atoms with van der Waals surface area (Å²) >= 11 is 0. The van der Waals surface area contributed by atoms with Gasteiger partial charge in [0.1, 0.15) is 0 Å². The Bertz CT molecular complexity index is 260. The van der Waals surface area contributed by atoms with Gasteiger partial charge in [-0.3, -0.25) is 0 Å². The zero-order valence-electron chi connectivity index (χ0n) is 7.33. The largest absolute Gasteiger partial charge is 2.00 e. The molecule has 0 N–H and O–H groups in total. The summed E-state index contributed by atoms with van der Waals surface area (Å²) in [6, 6.07) is 18.0. The van der Waals surface area contributed by atoms with Crippen LogP contribution in [0.4, 0.5) is 0 Å². The minimum Gasteiger partial charge on any atom is -0.214 e. The number of hydrogen-bond acceptors (Lipinski definition) is 0. The Morgan fingerprint density at radius 1 is 1.00 bits per heavy atom. The van der Waals surface area contributed by atoms with E-state index in [-0.39, 0.29) is 19.8 Å². The standard InChI is InChI=1S/C7H7.C5H5.Os/c1-2-7-5-3-4-6-7;1-2-4-5-3-1;/h2-6H,1H2;1-5H;/q2*-1;+2. The average molecular weight is 346 g/mol. The summed E-state index contributed by atoms with van der Waals surface area (Å²) in [5.74, 6) is 0. The second kappa shape index (κ2) is 7.71. The normalized spacial score (nSPS) is 7.69. The van der Waals surface area contributed by atoms with Gasteiger partial charge in [-0.25, -0.2) is 12.1 Å². The van der Waals surface area contributed by atoms with Crippen molar-refractivity contribution in [1.29, 1.82) is 0 Å². The van der Waals surface area contributed by atoms with Gasteiger partial charge in [0.05, 0.1) is 0 Å². The summed E-state index contributed by atoms with van der Waals surface area (Å²) in [7, 11) is 0. The molecule has 0 radical (unpaired) electrons. The van der Waals surface area contributed by atoms with Crippen molar-refractivity contribution in [2.75, 3.05) is 0 Å². The fourth-order valence-electron chi connectivity index (χ4n) is 0.846. The minimum absolute atomic E-state index is 0. The van der Waals surface area contributed by atoms with E-state index in [1.807, 2.05) is 60.7 Å². The van der Waals surface area contributed by atoms with Crippen LogP contribution in [0.5, 0.6) is 0 Å². The Hall–Kier alpha value is -0.924. The topological polar surface area (TPSA) is 0 Å². The summed E-state index contributed by atoms with van der Waals surface area (Å²) in [4.78, 5) is 0. The van der Waals surface area contributed by atoms with Gasteiger partial charge in [-0.2, -0.15) is 36.9 Å². The molecule has 0 bridgehead atoms. The second-order valence-corrected chi connectivity index (χ2v) is 2.38. The number of rotatable bonds is 1. The van der Waals surface area contributed by atoms with Gasteiger partial charge in [-0.1, -0.05) is 0 Å². The van der Waals surface area contributed by atoms with Crippen molar-refractivity contribution < 1.29 is 19.8 Å². The van der Waals surface area contributed by atoms with Crippen LogP contribution in [-0.4, -0.2) is 0 Å². The molecule has 0 aromatic heterocycles. The minimum atomic E-state index is 0. The van der Waals surface area contributed by atoms with Gasteiger partial charge in [0, 0.05) is 0 Å². The van der Waals surface area contributed by atoms with E-state index in [0.29, 0.717) is 0 Å². The molecule has 0 aliphatic heterocycles. The maximum absolute atomic E-state index is 3.60. The molecule has 0 nitrogen and oxygen atoms in total. The fourth-order valence-corrected chi connectivity index (χ4v) is 0.846. The molecule has 2 aromatic rings. The average Bonchev–Trinajstić information content (AvgIpc) is 2.81. The van der Waals surface area contributed by atoms with Gasteiger partial charge in [0.2, 0.25) is 0 Å². The van der Waals surface area contributed by atoms with E-state index in [1.54, 1.807) is 0 Å². The summed E-state index contributed by atoms with van der Waals surface area (Å²) in [6.07, 6.45) is 1.83. The van der Waals surface area contributed by atoms with Gasteiger partial charge in [-0.15, -0.1) is 23.8 Å². The Morgan fingerprint density at radius 2 is 1.54 bits per heavy atom.